The molecule has 0 spiro atoms. The number of nitrogens with zero attached hydrogens (tertiary/aromatic N) is 2. The first kappa shape index (κ1) is 15.9. The normalized spacial score (nSPS) is 11.2. The van der Waals surface area contributed by atoms with Crippen LogP contribution in [0.25, 0.3) is 0 Å². The standard InChI is InChI=1S/C10H18N4O4/c1-4-8(12-14-10(16)18-6-3)7-11-13-9(15)17-5-2/h7H,4-6H2,1-3H3,(H,13,15)(H,14,16)/b11-7+,12-8+. The topological polar surface area (TPSA) is 101 Å². The van der Waals surface area contributed by atoms with Crippen LogP contribution >= 0.6 is 0 Å². The predicted octanol–water partition coefficient (Wildman–Crippen LogP) is 1.23. The summed E-state index contributed by atoms with van der Waals surface area (Å²) in [5.41, 5.74) is 4.81. The number of hydrogen-bond acceptors (Lipinski definition) is 6. The van der Waals surface area contributed by atoms with Crippen molar-refractivity contribution in [1.29, 1.82) is 0 Å². The Balaban J connectivity index is 4.16. The Labute approximate surface area is 105 Å². The molecule has 18 heavy (non-hydrogen) atoms. The highest BCUT2D eigenvalue weighted by Gasteiger charge is 1.99. The lowest BCUT2D eigenvalue weighted by Crippen LogP contribution is -2.22. The van der Waals surface area contributed by atoms with Crippen LogP contribution in [-0.2, 0) is 9.47 Å². The monoisotopic (exact) mass is 258 g/mol. The quantitative estimate of drug-likeness (QED) is 0.552. The van der Waals surface area contributed by atoms with E-state index in [-0.39, 0.29) is 13.2 Å². The van der Waals surface area contributed by atoms with Crippen molar-refractivity contribution in [2.75, 3.05) is 13.2 Å². The highest BCUT2D eigenvalue weighted by molar-refractivity contribution is 6.30. The van der Waals surface area contributed by atoms with Gasteiger partial charge in [0.15, 0.2) is 0 Å². The molecule has 8 heteroatoms. The first-order chi connectivity index (χ1) is 8.63. The summed E-state index contributed by atoms with van der Waals surface area (Å²) in [6.07, 6.45) is 0.543. The van der Waals surface area contributed by atoms with E-state index in [0.717, 1.165) is 0 Å². The van der Waals surface area contributed by atoms with E-state index in [4.69, 9.17) is 0 Å². The second-order valence-electron chi connectivity index (χ2n) is 2.88. The second-order valence-corrected chi connectivity index (χ2v) is 2.88. The average molecular weight is 258 g/mol. The molecule has 2 amide bonds. The second kappa shape index (κ2) is 10.1. The molecule has 2 N–H and O–H groups in total. The van der Waals surface area contributed by atoms with Crippen LogP contribution in [0, 0.1) is 0 Å². The Morgan fingerprint density at radius 3 is 2.11 bits per heavy atom. The first-order valence-corrected chi connectivity index (χ1v) is 5.59. The number of hydrazone groups is 2. The summed E-state index contributed by atoms with van der Waals surface area (Å²) in [6.45, 7) is 5.73. The Hall–Kier alpha value is -2.12. The summed E-state index contributed by atoms with van der Waals surface area (Å²) in [6, 6.07) is 0. The summed E-state index contributed by atoms with van der Waals surface area (Å²) < 4.78 is 9.21. The molecule has 0 aliphatic heterocycles. The maximum Gasteiger partial charge on any atom is 0.427 e. The van der Waals surface area contributed by atoms with Crippen molar-refractivity contribution in [3.05, 3.63) is 0 Å². The molecule has 0 rings (SSSR count). The van der Waals surface area contributed by atoms with Crippen molar-refractivity contribution in [1.82, 2.24) is 10.9 Å². The minimum Gasteiger partial charge on any atom is -0.449 e. The Morgan fingerprint density at radius 2 is 1.61 bits per heavy atom. The van der Waals surface area contributed by atoms with Crippen LogP contribution < -0.4 is 10.9 Å². The highest BCUT2D eigenvalue weighted by atomic mass is 16.6. The van der Waals surface area contributed by atoms with Gasteiger partial charge in [-0.1, -0.05) is 6.92 Å². The van der Waals surface area contributed by atoms with E-state index >= 15 is 0 Å². The molecular weight excluding hydrogens is 240 g/mol. The SMILES string of the molecule is CCOC(=O)N/N=C/C(CC)=N/NC(=O)OCC. The van der Waals surface area contributed by atoms with Crippen LogP contribution in [0.2, 0.25) is 0 Å². The van der Waals surface area contributed by atoms with Crippen LogP contribution in [0.15, 0.2) is 10.2 Å². The lowest BCUT2D eigenvalue weighted by atomic mass is 10.3. The lowest BCUT2D eigenvalue weighted by molar-refractivity contribution is 0.151. The molecule has 0 atom stereocenters. The van der Waals surface area contributed by atoms with Gasteiger partial charge in [-0.05, 0) is 20.3 Å². The molecule has 8 nitrogen and oxygen atoms in total. The van der Waals surface area contributed by atoms with E-state index in [9.17, 15) is 9.59 Å². The van der Waals surface area contributed by atoms with Crippen molar-refractivity contribution in [2.24, 2.45) is 10.2 Å². The fraction of sp³-hybridized carbons (Fsp3) is 0.600. The molecule has 0 radical (unpaired) electrons. The number of nitrogens with one attached hydrogen (secondary N) is 2. The minimum atomic E-state index is -0.650. The first-order valence-electron chi connectivity index (χ1n) is 5.59. The van der Waals surface area contributed by atoms with Gasteiger partial charge in [0.05, 0.1) is 25.1 Å². The van der Waals surface area contributed by atoms with E-state index in [0.29, 0.717) is 12.1 Å². The van der Waals surface area contributed by atoms with E-state index in [1.807, 2.05) is 6.92 Å². The molecule has 0 saturated carbocycles. The molecule has 0 aliphatic rings. The average Bonchev–Trinajstić information content (AvgIpc) is 2.34. The Kier molecular flexibility index (Phi) is 8.88. The molecule has 0 heterocycles. The maximum absolute atomic E-state index is 11.0. The third kappa shape index (κ3) is 8.08. The number of ether oxygens (including phenoxy) is 2. The molecular formula is C10H18N4O4. The van der Waals surface area contributed by atoms with Gasteiger partial charge in [-0.25, -0.2) is 20.4 Å². The molecule has 0 aromatic carbocycles. The zero-order valence-corrected chi connectivity index (χ0v) is 10.7. The van der Waals surface area contributed by atoms with Crippen molar-refractivity contribution >= 4 is 24.1 Å². The van der Waals surface area contributed by atoms with Crippen LogP contribution in [0.4, 0.5) is 9.59 Å². The molecule has 102 valence electrons. The predicted molar refractivity (Wildman–Crippen MR) is 66.5 cm³/mol. The zero-order valence-electron chi connectivity index (χ0n) is 10.7. The third-order valence-electron chi connectivity index (χ3n) is 1.57. The zero-order chi connectivity index (χ0) is 13.8. The Bertz CT molecular complexity index is 328. The summed E-state index contributed by atoms with van der Waals surface area (Å²) in [4.78, 5) is 21.8. The number of carbonyl (C=O) groups excluding carboxylic acids is 2. The van der Waals surface area contributed by atoms with Crippen LogP contribution in [0.1, 0.15) is 27.2 Å². The molecule has 0 saturated heterocycles. The molecule has 0 aromatic rings. The molecule has 0 aliphatic carbocycles. The van der Waals surface area contributed by atoms with Gasteiger partial charge in [0.2, 0.25) is 0 Å². The number of amides is 2. The smallest absolute Gasteiger partial charge is 0.427 e. The van der Waals surface area contributed by atoms with Crippen molar-refractivity contribution < 1.29 is 19.1 Å². The van der Waals surface area contributed by atoms with Gasteiger partial charge in [0, 0.05) is 0 Å². The lowest BCUT2D eigenvalue weighted by Gasteiger charge is -2.01. The van der Waals surface area contributed by atoms with Gasteiger partial charge in [0.25, 0.3) is 0 Å². The van der Waals surface area contributed by atoms with Gasteiger partial charge in [-0.3, -0.25) is 0 Å². The van der Waals surface area contributed by atoms with Crippen molar-refractivity contribution in [2.45, 2.75) is 27.2 Å². The fourth-order valence-corrected chi connectivity index (χ4v) is 0.803. The maximum atomic E-state index is 11.0. The van der Waals surface area contributed by atoms with Crippen LogP contribution in [0.3, 0.4) is 0 Å². The summed E-state index contributed by atoms with van der Waals surface area (Å²) in [7, 11) is 0. The highest BCUT2D eigenvalue weighted by Crippen LogP contribution is 1.83. The van der Waals surface area contributed by atoms with E-state index < -0.39 is 12.2 Å². The van der Waals surface area contributed by atoms with Gasteiger partial charge in [-0.2, -0.15) is 10.2 Å². The largest absolute Gasteiger partial charge is 0.449 e. The summed E-state index contributed by atoms with van der Waals surface area (Å²) >= 11 is 0. The Morgan fingerprint density at radius 1 is 1.06 bits per heavy atom. The van der Waals surface area contributed by atoms with Crippen molar-refractivity contribution in [3.63, 3.8) is 0 Å². The number of hydrogen-bond donors (Lipinski definition) is 2. The third-order valence-corrected chi connectivity index (χ3v) is 1.57. The van der Waals surface area contributed by atoms with E-state index in [1.165, 1.54) is 6.21 Å². The van der Waals surface area contributed by atoms with Crippen LogP contribution in [0.5, 0.6) is 0 Å². The number of carbonyl (C=O) groups is 2. The van der Waals surface area contributed by atoms with Crippen LogP contribution in [-0.4, -0.2) is 37.3 Å². The van der Waals surface area contributed by atoms with Crippen molar-refractivity contribution in [3.8, 4) is 0 Å². The van der Waals surface area contributed by atoms with E-state index in [1.54, 1.807) is 13.8 Å². The van der Waals surface area contributed by atoms with E-state index in [2.05, 4.69) is 30.5 Å². The van der Waals surface area contributed by atoms with Gasteiger partial charge in [-0.15, -0.1) is 0 Å². The number of rotatable bonds is 6. The van der Waals surface area contributed by atoms with Gasteiger partial charge in [0.1, 0.15) is 0 Å². The molecule has 0 fully saturated rings. The van der Waals surface area contributed by atoms with Gasteiger partial charge < -0.3 is 9.47 Å². The minimum absolute atomic E-state index is 0.264. The summed E-state index contributed by atoms with van der Waals surface area (Å²) in [5, 5.41) is 7.37. The molecule has 0 aromatic heterocycles. The van der Waals surface area contributed by atoms with Gasteiger partial charge >= 0.3 is 12.2 Å². The molecule has 0 bridgehead atoms. The summed E-state index contributed by atoms with van der Waals surface area (Å²) in [5.74, 6) is 0. The fourth-order valence-electron chi connectivity index (χ4n) is 0.803. The molecule has 0 unspecified atom stereocenters.